The highest BCUT2D eigenvalue weighted by Crippen LogP contribution is 2.26. The first-order valence-electron chi connectivity index (χ1n) is 8.95. The predicted octanol–water partition coefficient (Wildman–Crippen LogP) is 5.61. The van der Waals surface area contributed by atoms with Crippen molar-refractivity contribution in [1.82, 2.24) is 4.98 Å². The summed E-state index contributed by atoms with van der Waals surface area (Å²) < 4.78 is 18.5. The van der Waals surface area contributed by atoms with Gasteiger partial charge in [0, 0.05) is 16.7 Å². The fourth-order valence-electron chi connectivity index (χ4n) is 2.40. The third kappa shape index (κ3) is 6.07. The van der Waals surface area contributed by atoms with Crippen LogP contribution in [-0.4, -0.2) is 23.3 Å². The molecule has 1 N–H and O–H groups in total. The first kappa shape index (κ1) is 20.4. The second-order valence-electron chi connectivity index (χ2n) is 6.08. The minimum absolute atomic E-state index is 0.101. The van der Waals surface area contributed by atoms with Crippen molar-refractivity contribution in [1.29, 1.82) is 0 Å². The van der Waals surface area contributed by atoms with Crippen LogP contribution < -0.4 is 10.1 Å². The van der Waals surface area contributed by atoms with Crippen molar-refractivity contribution in [2.24, 2.45) is 0 Å². The summed E-state index contributed by atoms with van der Waals surface area (Å²) in [5.74, 6) is 1.46. The van der Waals surface area contributed by atoms with Gasteiger partial charge in [0.1, 0.15) is 11.6 Å². The molecule has 3 rings (SSSR count). The number of aromatic nitrogens is 1. The van der Waals surface area contributed by atoms with Crippen LogP contribution in [-0.2, 0) is 10.5 Å². The van der Waals surface area contributed by atoms with E-state index in [-0.39, 0.29) is 11.7 Å². The molecule has 0 spiro atoms. The average Bonchev–Trinajstić information content (AvgIpc) is 3.16. The van der Waals surface area contributed by atoms with Crippen LogP contribution in [0.1, 0.15) is 18.9 Å². The van der Waals surface area contributed by atoms with Crippen molar-refractivity contribution in [3.63, 3.8) is 0 Å². The molecular formula is C21H21FN2O2S2. The molecule has 1 heterocycles. The lowest BCUT2D eigenvalue weighted by Gasteiger charge is -2.05. The molecule has 0 saturated carbocycles. The first-order valence-corrected chi connectivity index (χ1v) is 11.0. The zero-order valence-corrected chi connectivity index (χ0v) is 17.1. The van der Waals surface area contributed by atoms with Gasteiger partial charge >= 0.3 is 0 Å². The molecule has 0 aliphatic rings. The number of hydrogen-bond acceptors (Lipinski definition) is 5. The number of hydrogen-bond donors (Lipinski definition) is 1. The van der Waals surface area contributed by atoms with E-state index in [4.69, 9.17) is 4.74 Å². The van der Waals surface area contributed by atoms with E-state index in [1.165, 1.54) is 35.2 Å². The van der Waals surface area contributed by atoms with Crippen LogP contribution in [0.4, 0.5) is 9.52 Å². The number of carbonyl (C=O) groups is 1. The Kier molecular flexibility index (Phi) is 7.45. The quantitative estimate of drug-likeness (QED) is 0.493. The summed E-state index contributed by atoms with van der Waals surface area (Å²) >= 11 is 2.88. The van der Waals surface area contributed by atoms with Crippen LogP contribution >= 0.6 is 23.1 Å². The summed E-state index contributed by atoms with van der Waals surface area (Å²) in [6.07, 6.45) is 0.971. The highest BCUT2D eigenvalue weighted by Gasteiger charge is 2.09. The average molecular weight is 417 g/mol. The topological polar surface area (TPSA) is 51.2 Å². The largest absolute Gasteiger partial charge is 0.494 e. The lowest BCUT2D eigenvalue weighted by molar-refractivity contribution is -0.113. The standard InChI is InChI=1S/C21H21FN2O2S2/c1-2-11-26-18-9-5-16(6-10-18)19-13-28-21(23-19)24-20(25)14-27-12-15-3-7-17(22)8-4-15/h3-10,13H,2,11-12,14H2,1H3,(H,23,24,25). The second kappa shape index (κ2) is 10.2. The van der Waals surface area contributed by atoms with Crippen LogP contribution in [0, 0.1) is 5.82 Å². The third-order valence-corrected chi connectivity index (χ3v) is 5.55. The molecule has 7 heteroatoms. The van der Waals surface area contributed by atoms with Gasteiger partial charge in [-0.05, 0) is 48.4 Å². The molecule has 1 aromatic heterocycles. The van der Waals surface area contributed by atoms with Gasteiger partial charge in [-0.15, -0.1) is 23.1 Å². The minimum atomic E-state index is -0.255. The lowest BCUT2D eigenvalue weighted by Crippen LogP contribution is -2.13. The van der Waals surface area contributed by atoms with Gasteiger partial charge in [-0.1, -0.05) is 19.1 Å². The number of nitrogens with one attached hydrogen (secondary N) is 1. The van der Waals surface area contributed by atoms with Crippen LogP contribution in [0.15, 0.2) is 53.9 Å². The van der Waals surface area contributed by atoms with Crippen molar-refractivity contribution in [3.8, 4) is 17.0 Å². The maximum absolute atomic E-state index is 12.9. The van der Waals surface area contributed by atoms with E-state index < -0.39 is 0 Å². The number of anilines is 1. The van der Waals surface area contributed by atoms with Gasteiger partial charge in [-0.25, -0.2) is 9.37 Å². The van der Waals surface area contributed by atoms with Gasteiger partial charge in [0.25, 0.3) is 0 Å². The molecule has 0 aliphatic heterocycles. The molecule has 4 nitrogen and oxygen atoms in total. The number of ether oxygens (including phenoxy) is 1. The van der Waals surface area contributed by atoms with Crippen molar-refractivity contribution >= 4 is 34.1 Å². The minimum Gasteiger partial charge on any atom is -0.494 e. The van der Waals surface area contributed by atoms with Crippen molar-refractivity contribution < 1.29 is 13.9 Å². The Morgan fingerprint density at radius 1 is 1.18 bits per heavy atom. The summed E-state index contributed by atoms with van der Waals surface area (Å²) in [6.45, 7) is 2.77. The Hall–Kier alpha value is -2.38. The van der Waals surface area contributed by atoms with Crippen LogP contribution in [0.3, 0.4) is 0 Å². The number of thiazole rings is 1. The number of carbonyl (C=O) groups excluding carboxylic acids is 1. The third-order valence-electron chi connectivity index (χ3n) is 3.79. The van der Waals surface area contributed by atoms with Gasteiger partial charge in [0.15, 0.2) is 5.13 Å². The summed E-state index contributed by atoms with van der Waals surface area (Å²) in [5, 5.41) is 5.33. The maximum Gasteiger partial charge on any atom is 0.236 e. The van der Waals surface area contributed by atoms with Crippen LogP contribution in [0.25, 0.3) is 11.3 Å². The smallest absolute Gasteiger partial charge is 0.236 e. The van der Waals surface area contributed by atoms with Gasteiger partial charge in [0.05, 0.1) is 18.1 Å². The highest BCUT2D eigenvalue weighted by molar-refractivity contribution is 7.99. The molecule has 0 radical (unpaired) electrons. The molecule has 146 valence electrons. The van der Waals surface area contributed by atoms with E-state index in [1.807, 2.05) is 29.6 Å². The molecule has 0 atom stereocenters. The summed E-state index contributed by atoms with van der Waals surface area (Å²) in [7, 11) is 0. The summed E-state index contributed by atoms with van der Waals surface area (Å²) in [6, 6.07) is 14.1. The molecule has 1 amide bonds. The molecule has 0 fully saturated rings. The van der Waals surface area contributed by atoms with E-state index >= 15 is 0 Å². The lowest BCUT2D eigenvalue weighted by atomic mass is 10.2. The molecule has 0 unspecified atom stereocenters. The van der Waals surface area contributed by atoms with E-state index in [2.05, 4.69) is 17.2 Å². The Bertz CT molecular complexity index is 896. The van der Waals surface area contributed by atoms with Crippen molar-refractivity contribution in [2.75, 3.05) is 17.7 Å². The van der Waals surface area contributed by atoms with Gasteiger partial charge in [-0.3, -0.25) is 4.79 Å². The number of nitrogens with zero attached hydrogens (tertiary/aromatic N) is 1. The fraction of sp³-hybridized carbons (Fsp3) is 0.238. The number of thioether (sulfide) groups is 1. The van der Waals surface area contributed by atoms with E-state index in [0.29, 0.717) is 23.2 Å². The monoisotopic (exact) mass is 416 g/mol. The van der Waals surface area contributed by atoms with E-state index in [9.17, 15) is 9.18 Å². The zero-order chi connectivity index (χ0) is 19.8. The van der Waals surface area contributed by atoms with Crippen molar-refractivity contribution in [2.45, 2.75) is 19.1 Å². The predicted molar refractivity (Wildman–Crippen MR) is 115 cm³/mol. The summed E-state index contributed by atoms with van der Waals surface area (Å²) in [5.41, 5.74) is 2.79. The molecule has 28 heavy (non-hydrogen) atoms. The number of rotatable bonds is 9. The van der Waals surface area contributed by atoms with Crippen LogP contribution in [0.5, 0.6) is 5.75 Å². The normalized spacial score (nSPS) is 10.6. The summed E-state index contributed by atoms with van der Waals surface area (Å²) in [4.78, 5) is 16.6. The first-order chi connectivity index (χ1) is 13.6. The Morgan fingerprint density at radius 2 is 1.93 bits per heavy atom. The number of amides is 1. The molecule has 2 aromatic carbocycles. The molecule has 3 aromatic rings. The zero-order valence-electron chi connectivity index (χ0n) is 15.5. The second-order valence-corrected chi connectivity index (χ2v) is 7.92. The highest BCUT2D eigenvalue weighted by atomic mass is 32.2. The Labute approximate surface area is 172 Å². The van der Waals surface area contributed by atoms with Crippen LogP contribution in [0.2, 0.25) is 0 Å². The van der Waals surface area contributed by atoms with E-state index in [1.54, 1.807) is 12.1 Å². The Morgan fingerprint density at radius 3 is 2.64 bits per heavy atom. The van der Waals surface area contributed by atoms with Gasteiger partial charge in [-0.2, -0.15) is 0 Å². The molecular weight excluding hydrogens is 395 g/mol. The number of benzene rings is 2. The fourth-order valence-corrected chi connectivity index (χ4v) is 3.93. The number of halogens is 1. The van der Waals surface area contributed by atoms with E-state index in [0.717, 1.165) is 29.0 Å². The van der Waals surface area contributed by atoms with Crippen molar-refractivity contribution in [3.05, 3.63) is 65.3 Å². The molecule has 0 bridgehead atoms. The van der Waals surface area contributed by atoms with Gasteiger partial charge in [0.2, 0.25) is 5.91 Å². The molecule has 0 aliphatic carbocycles. The Balaban J connectivity index is 1.48. The van der Waals surface area contributed by atoms with Gasteiger partial charge < -0.3 is 10.1 Å². The SMILES string of the molecule is CCCOc1ccc(-c2csc(NC(=O)CSCc3ccc(F)cc3)n2)cc1. The molecule has 0 saturated heterocycles. The maximum atomic E-state index is 12.9.